The lowest BCUT2D eigenvalue weighted by molar-refractivity contribution is 0.0939. The number of carbonyl (C=O) groups excluding carboxylic acids is 2. The van der Waals surface area contributed by atoms with E-state index in [0.717, 1.165) is 48.0 Å². The quantitative estimate of drug-likeness (QED) is 0.311. The molecule has 37 heavy (non-hydrogen) atoms. The van der Waals surface area contributed by atoms with Crippen molar-refractivity contribution in [2.75, 3.05) is 23.3 Å². The van der Waals surface area contributed by atoms with E-state index in [4.69, 9.17) is 0 Å². The minimum atomic E-state index is -0.200. The van der Waals surface area contributed by atoms with Gasteiger partial charge in [-0.2, -0.15) is 0 Å². The van der Waals surface area contributed by atoms with Crippen LogP contribution in [0.4, 0.5) is 11.4 Å². The number of nitrogens with one attached hydrogen (secondary N) is 2. The minimum absolute atomic E-state index is 0.140. The second kappa shape index (κ2) is 10.9. The minimum Gasteiger partial charge on any atom is -0.371 e. The number of benzene rings is 4. The van der Waals surface area contributed by atoms with Crippen LogP contribution in [-0.4, -0.2) is 24.9 Å². The van der Waals surface area contributed by atoms with Crippen molar-refractivity contribution in [3.05, 3.63) is 108 Å². The Balaban J connectivity index is 1.41. The molecule has 4 aromatic rings. The molecule has 1 aliphatic rings. The van der Waals surface area contributed by atoms with Gasteiger partial charge in [-0.15, -0.1) is 0 Å². The summed E-state index contributed by atoms with van der Waals surface area (Å²) in [6.07, 6.45) is 2.20. The van der Waals surface area contributed by atoms with E-state index in [1.807, 2.05) is 91.9 Å². The number of hydrogen-bond donors (Lipinski definition) is 2. The van der Waals surface area contributed by atoms with E-state index in [9.17, 15) is 9.59 Å². The number of fused-ring (bicyclic) bond motifs is 1. The van der Waals surface area contributed by atoms with E-state index in [1.165, 1.54) is 0 Å². The molecule has 0 bridgehead atoms. The zero-order chi connectivity index (χ0) is 25.8. The molecule has 4 aromatic carbocycles. The highest BCUT2D eigenvalue weighted by Crippen LogP contribution is 2.30. The number of nitrogens with zero attached hydrogens (tertiary/aromatic N) is 1. The van der Waals surface area contributed by atoms with Gasteiger partial charge >= 0.3 is 0 Å². The summed E-state index contributed by atoms with van der Waals surface area (Å²) < 4.78 is 0. The third kappa shape index (κ3) is 5.67. The van der Waals surface area contributed by atoms with Gasteiger partial charge in [-0.1, -0.05) is 67.6 Å². The van der Waals surface area contributed by atoms with Gasteiger partial charge in [-0.3, -0.25) is 9.59 Å². The van der Waals surface area contributed by atoms with Gasteiger partial charge in [-0.25, -0.2) is 0 Å². The molecule has 5 rings (SSSR count). The zero-order valence-electron chi connectivity index (χ0n) is 21.4. The summed E-state index contributed by atoms with van der Waals surface area (Å²) in [5.74, 6) is 0.341. The van der Waals surface area contributed by atoms with Crippen LogP contribution in [0.3, 0.4) is 0 Å². The second-order valence-electron chi connectivity index (χ2n) is 10.0. The Morgan fingerprint density at radius 3 is 2.27 bits per heavy atom. The van der Waals surface area contributed by atoms with Gasteiger partial charge < -0.3 is 15.5 Å². The predicted molar refractivity (Wildman–Crippen MR) is 151 cm³/mol. The average molecular weight is 492 g/mol. The van der Waals surface area contributed by atoms with E-state index in [2.05, 4.69) is 22.5 Å². The van der Waals surface area contributed by atoms with Crippen molar-refractivity contribution in [2.45, 2.75) is 32.7 Å². The molecule has 0 spiro atoms. The summed E-state index contributed by atoms with van der Waals surface area (Å²) >= 11 is 0. The highest BCUT2D eigenvalue weighted by atomic mass is 16.2. The van der Waals surface area contributed by atoms with Crippen LogP contribution in [0.5, 0.6) is 0 Å². The summed E-state index contributed by atoms with van der Waals surface area (Å²) in [6.45, 7) is 6.09. The van der Waals surface area contributed by atoms with E-state index < -0.39 is 0 Å². The van der Waals surface area contributed by atoms with Crippen molar-refractivity contribution in [1.82, 2.24) is 5.32 Å². The van der Waals surface area contributed by atoms with Crippen molar-refractivity contribution >= 4 is 34.0 Å². The molecule has 2 N–H and O–H groups in total. The van der Waals surface area contributed by atoms with Crippen LogP contribution in [0.2, 0.25) is 0 Å². The van der Waals surface area contributed by atoms with Crippen LogP contribution >= 0.6 is 0 Å². The Bertz CT molecular complexity index is 1410. The molecule has 1 aliphatic heterocycles. The summed E-state index contributed by atoms with van der Waals surface area (Å²) in [7, 11) is 0. The number of piperidine rings is 1. The summed E-state index contributed by atoms with van der Waals surface area (Å²) in [5.41, 5.74) is 3.72. The number of hydrogen-bond acceptors (Lipinski definition) is 3. The number of amides is 2. The molecule has 1 heterocycles. The van der Waals surface area contributed by atoms with Gasteiger partial charge in [0.25, 0.3) is 11.8 Å². The Morgan fingerprint density at radius 2 is 1.51 bits per heavy atom. The molecular weight excluding hydrogens is 458 g/mol. The van der Waals surface area contributed by atoms with Crippen LogP contribution in [0.15, 0.2) is 91.0 Å². The SMILES string of the molecule is CC1CCN(c2ccc(NC(=O)c3ccc4ccccc4c3)cc2C(=O)NC(C)c2ccccc2)CC1. The van der Waals surface area contributed by atoms with Gasteiger partial charge in [0.15, 0.2) is 0 Å². The van der Waals surface area contributed by atoms with Crippen LogP contribution < -0.4 is 15.5 Å². The molecule has 5 heteroatoms. The molecule has 5 nitrogen and oxygen atoms in total. The van der Waals surface area contributed by atoms with Crippen molar-refractivity contribution in [3.63, 3.8) is 0 Å². The standard InChI is InChI=1S/C32H33N3O2/c1-22-16-18-35(19-17-22)30-15-14-28(21-29(30)32(37)33-23(2)24-8-4-3-5-9-24)34-31(36)27-13-12-25-10-6-7-11-26(25)20-27/h3-15,20-23H,16-19H2,1-2H3,(H,33,37)(H,34,36). The lowest BCUT2D eigenvalue weighted by Crippen LogP contribution is -2.35. The van der Waals surface area contributed by atoms with Gasteiger partial charge in [0.2, 0.25) is 0 Å². The third-order valence-corrected chi connectivity index (χ3v) is 7.28. The fourth-order valence-corrected chi connectivity index (χ4v) is 4.95. The first-order valence-electron chi connectivity index (χ1n) is 13.0. The van der Waals surface area contributed by atoms with Gasteiger partial charge in [0.05, 0.1) is 11.6 Å². The Morgan fingerprint density at radius 1 is 0.811 bits per heavy atom. The average Bonchev–Trinajstić information content (AvgIpc) is 2.93. The van der Waals surface area contributed by atoms with Crippen molar-refractivity contribution in [3.8, 4) is 0 Å². The summed E-state index contributed by atoms with van der Waals surface area (Å²) in [5, 5.41) is 8.26. The second-order valence-corrected chi connectivity index (χ2v) is 10.0. The summed E-state index contributed by atoms with van der Waals surface area (Å²) in [4.78, 5) is 29.0. The molecule has 2 amide bonds. The lowest BCUT2D eigenvalue weighted by atomic mass is 9.97. The Kier molecular flexibility index (Phi) is 7.22. The molecule has 1 fully saturated rings. The van der Waals surface area contributed by atoms with Gasteiger partial charge in [-0.05, 0) is 72.4 Å². The molecule has 1 unspecified atom stereocenters. The monoisotopic (exact) mass is 491 g/mol. The first-order chi connectivity index (χ1) is 18.0. The molecule has 0 aliphatic carbocycles. The van der Waals surface area contributed by atoms with Crippen molar-refractivity contribution < 1.29 is 9.59 Å². The number of carbonyl (C=O) groups is 2. The topological polar surface area (TPSA) is 61.4 Å². The molecule has 0 aromatic heterocycles. The van der Waals surface area contributed by atoms with Gasteiger partial charge in [0.1, 0.15) is 0 Å². The lowest BCUT2D eigenvalue weighted by Gasteiger charge is -2.33. The first kappa shape index (κ1) is 24.6. The summed E-state index contributed by atoms with van der Waals surface area (Å²) in [6, 6.07) is 29.1. The largest absolute Gasteiger partial charge is 0.371 e. The van der Waals surface area contributed by atoms with Crippen LogP contribution in [0.1, 0.15) is 59.0 Å². The van der Waals surface area contributed by atoms with Crippen LogP contribution in [-0.2, 0) is 0 Å². The smallest absolute Gasteiger partial charge is 0.255 e. The van der Waals surface area contributed by atoms with Crippen LogP contribution in [0, 0.1) is 5.92 Å². The van der Waals surface area contributed by atoms with E-state index in [-0.39, 0.29) is 17.9 Å². The highest BCUT2D eigenvalue weighted by molar-refractivity contribution is 6.08. The molecule has 0 radical (unpaired) electrons. The maximum Gasteiger partial charge on any atom is 0.255 e. The molecular formula is C32H33N3O2. The highest BCUT2D eigenvalue weighted by Gasteiger charge is 2.23. The Hall–Kier alpha value is -4.12. The fourth-order valence-electron chi connectivity index (χ4n) is 4.95. The van der Waals surface area contributed by atoms with Crippen molar-refractivity contribution in [1.29, 1.82) is 0 Å². The van der Waals surface area contributed by atoms with Crippen LogP contribution in [0.25, 0.3) is 10.8 Å². The molecule has 188 valence electrons. The third-order valence-electron chi connectivity index (χ3n) is 7.28. The zero-order valence-corrected chi connectivity index (χ0v) is 21.4. The van der Waals surface area contributed by atoms with E-state index in [0.29, 0.717) is 22.7 Å². The fraction of sp³-hybridized carbons (Fsp3) is 0.250. The normalized spacial score (nSPS) is 14.8. The maximum absolute atomic E-state index is 13.6. The van der Waals surface area contributed by atoms with E-state index in [1.54, 1.807) is 6.07 Å². The van der Waals surface area contributed by atoms with Gasteiger partial charge in [0, 0.05) is 30.0 Å². The maximum atomic E-state index is 13.6. The van der Waals surface area contributed by atoms with E-state index >= 15 is 0 Å². The number of rotatable bonds is 6. The molecule has 1 saturated heterocycles. The Labute approximate surface area is 218 Å². The predicted octanol–water partition coefficient (Wildman–Crippen LogP) is 6.82. The molecule has 1 atom stereocenters. The van der Waals surface area contributed by atoms with Crippen molar-refractivity contribution in [2.24, 2.45) is 5.92 Å². The first-order valence-corrected chi connectivity index (χ1v) is 13.0. The number of anilines is 2. The molecule has 0 saturated carbocycles.